The first-order chi connectivity index (χ1) is 13.1. The van der Waals surface area contributed by atoms with Crippen LogP contribution in [0.25, 0.3) is 6.08 Å². The molecule has 1 amide bonds. The second-order valence-corrected chi connectivity index (χ2v) is 6.22. The van der Waals surface area contributed by atoms with Crippen LogP contribution in [0.3, 0.4) is 0 Å². The normalized spacial score (nSPS) is 14.4. The number of nitrogens with zero attached hydrogens (tertiary/aromatic N) is 3. The molecule has 7 heteroatoms. The SMILES string of the molecule is COc1ccc(/C=C/C(=O)NCc2cc(C)nc(N3CCOCC3)n2)cc1. The molecule has 1 fully saturated rings. The second kappa shape index (κ2) is 9.14. The Kier molecular flexibility index (Phi) is 6.38. The molecule has 3 rings (SSSR count). The van der Waals surface area contributed by atoms with E-state index in [1.54, 1.807) is 13.2 Å². The van der Waals surface area contributed by atoms with Crippen molar-refractivity contribution in [2.45, 2.75) is 13.5 Å². The van der Waals surface area contributed by atoms with Crippen LogP contribution >= 0.6 is 0 Å². The number of benzene rings is 1. The Morgan fingerprint density at radius 3 is 2.70 bits per heavy atom. The number of aryl methyl sites for hydroxylation is 1. The van der Waals surface area contributed by atoms with Crippen LogP contribution in [0.15, 0.2) is 36.4 Å². The molecule has 2 heterocycles. The van der Waals surface area contributed by atoms with Gasteiger partial charge in [0.15, 0.2) is 0 Å². The van der Waals surface area contributed by atoms with Gasteiger partial charge in [-0.1, -0.05) is 12.1 Å². The van der Waals surface area contributed by atoms with Crippen molar-refractivity contribution in [1.29, 1.82) is 0 Å². The number of anilines is 1. The number of methoxy groups -OCH3 is 1. The van der Waals surface area contributed by atoms with Crippen molar-refractivity contribution in [2.75, 3.05) is 38.3 Å². The number of nitrogens with one attached hydrogen (secondary N) is 1. The van der Waals surface area contributed by atoms with Gasteiger partial charge in [-0.15, -0.1) is 0 Å². The number of aromatic nitrogens is 2. The van der Waals surface area contributed by atoms with Crippen molar-refractivity contribution in [3.63, 3.8) is 0 Å². The van der Waals surface area contributed by atoms with E-state index in [0.717, 1.165) is 35.8 Å². The third-order valence-electron chi connectivity index (χ3n) is 4.18. The van der Waals surface area contributed by atoms with Crippen molar-refractivity contribution < 1.29 is 14.3 Å². The maximum absolute atomic E-state index is 12.1. The first-order valence-electron chi connectivity index (χ1n) is 8.91. The Bertz CT molecular complexity index is 799. The van der Waals surface area contributed by atoms with E-state index in [0.29, 0.717) is 25.7 Å². The van der Waals surface area contributed by atoms with Crippen LogP contribution in [-0.2, 0) is 16.1 Å². The number of hydrogen-bond acceptors (Lipinski definition) is 6. The fraction of sp³-hybridized carbons (Fsp3) is 0.350. The Morgan fingerprint density at radius 1 is 1.26 bits per heavy atom. The third-order valence-corrected chi connectivity index (χ3v) is 4.18. The Labute approximate surface area is 159 Å². The smallest absolute Gasteiger partial charge is 0.244 e. The summed E-state index contributed by atoms with van der Waals surface area (Å²) in [6.45, 7) is 5.20. The van der Waals surface area contributed by atoms with E-state index < -0.39 is 0 Å². The molecule has 1 N–H and O–H groups in total. The topological polar surface area (TPSA) is 76.6 Å². The quantitative estimate of drug-likeness (QED) is 0.786. The lowest BCUT2D eigenvalue weighted by atomic mass is 10.2. The summed E-state index contributed by atoms with van der Waals surface area (Å²) in [6, 6.07) is 9.39. The molecule has 0 bridgehead atoms. The molecule has 142 valence electrons. The Morgan fingerprint density at radius 2 is 2.00 bits per heavy atom. The van der Waals surface area contributed by atoms with Crippen molar-refractivity contribution in [1.82, 2.24) is 15.3 Å². The van der Waals surface area contributed by atoms with E-state index in [1.165, 1.54) is 6.08 Å². The molecule has 0 radical (unpaired) electrons. The molecule has 7 nitrogen and oxygen atoms in total. The number of ether oxygens (including phenoxy) is 2. The van der Waals surface area contributed by atoms with Crippen LogP contribution < -0.4 is 15.0 Å². The average Bonchev–Trinajstić information content (AvgIpc) is 2.71. The predicted molar refractivity (Wildman–Crippen MR) is 104 cm³/mol. The summed E-state index contributed by atoms with van der Waals surface area (Å²) >= 11 is 0. The summed E-state index contributed by atoms with van der Waals surface area (Å²) < 4.78 is 10.5. The van der Waals surface area contributed by atoms with Crippen LogP contribution in [0.5, 0.6) is 5.75 Å². The summed E-state index contributed by atoms with van der Waals surface area (Å²) in [6.07, 6.45) is 3.28. The highest BCUT2D eigenvalue weighted by atomic mass is 16.5. The van der Waals surface area contributed by atoms with E-state index in [4.69, 9.17) is 9.47 Å². The van der Waals surface area contributed by atoms with Gasteiger partial charge in [-0.2, -0.15) is 0 Å². The third kappa shape index (κ3) is 5.52. The van der Waals surface area contributed by atoms with E-state index in [-0.39, 0.29) is 5.91 Å². The zero-order valence-electron chi connectivity index (χ0n) is 15.6. The molecule has 0 spiro atoms. The summed E-state index contributed by atoms with van der Waals surface area (Å²) in [5, 5.41) is 2.87. The maximum Gasteiger partial charge on any atom is 0.244 e. The van der Waals surface area contributed by atoms with E-state index in [9.17, 15) is 4.79 Å². The van der Waals surface area contributed by atoms with E-state index in [1.807, 2.05) is 37.3 Å². The first-order valence-corrected chi connectivity index (χ1v) is 8.91. The minimum absolute atomic E-state index is 0.171. The van der Waals surface area contributed by atoms with E-state index >= 15 is 0 Å². The molecule has 27 heavy (non-hydrogen) atoms. The summed E-state index contributed by atoms with van der Waals surface area (Å²) in [7, 11) is 1.62. The molecule has 0 unspecified atom stereocenters. The summed E-state index contributed by atoms with van der Waals surface area (Å²) in [4.78, 5) is 23.3. The van der Waals surface area contributed by atoms with Gasteiger partial charge in [0.05, 0.1) is 32.6 Å². The molecule has 2 aromatic rings. The van der Waals surface area contributed by atoms with Gasteiger partial charge < -0.3 is 19.7 Å². The van der Waals surface area contributed by atoms with Gasteiger partial charge in [-0.05, 0) is 36.8 Å². The van der Waals surface area contributed by atoms with Crippen LogP contribution in [0.4, 0.5) is 5.95 Å². The maximum atomic E-state index is 12.1. The predicted octanol–water partition coefficient (Wildman–Crippen LogP) is 1.96. The highest BCUT2D eigenvalue weighted by molar-refractivity contribution is 5.91. The summed E-state index contributed by atoms with van der Waals surface area (Å²) in [5.74, 6) is 1.30. The van der Waals surface area contributed by atoms with Gasteiger partial charge in [-0.25, -0.2) is 9.97 Å². The average molecular weight is 368 g/mol. The number of morpholine rings is 1. The lowest BCUT2D eigenvalue weighted by molar-refractivity contribution is -0.116. The van der Waals surface area contributed by atoms with Crippen molar-refractivity contribution in [3.8, 4) is 5.75 Å². The first kappa shape index (κ1) is 18.8. The van der Waals surface area contributed by atoms with Gasteiger partial charge in [0.2, 0.25) is 11.9 Å². The van der Waals surface area contributed by atoms with Crippen LogP contribution in [-0.4, -0.2) is 49.3 Å². The molecular formula is C20H24N4O3. The lowest BCUT2D eigenvalue weighted by Crippen LogP contribution is -2.37. The minimum Gasteiger partial charge on any atom is -0.497 e. The molecule has 1 aromatic heterocycles. The number of amides is 1. The van der Waals surface area contributed by atoms with Gasteiger partial charge in [0.1, 0.15) is 5.75 Å². The number of rotatable bonds is 6. The zero-order valence-corrected chi connectivity index (χ0v) is 15.6. The molecule has 0 atom stereocenters. The second-order valence-electron chi connectivity index (χ2n) is 6.22. The molecule has 1 aliphatic heterocycles. The van der Waals surface area contributed by atoms with E-state index in [2.05, 4.69) is 20.2 Å². The summed E-state index contributed by atoms with van der Waals surface area (Å²) in [5.41, 5.74) is 2.60. The largest absolute Gasteiger partial charge is 0.497 e. The van der Waals surface area contributed by atoms with Gasteiger partial charge >= 0.3 is 0 Å². The zero-order chi connectivity index (χ0) is 19.1. The molecule has 1 aromatic carbocycles. The fourth-order valence-electron chi connectivity index (χ4n) is 2.74. The van der Waals surface area contributed by atoms with Crippen LogP contribution in [0, 0.1) is 6.92 Å². The van der Waals surface area contributed by atoms with Gasteiger partial charge in [0.25, 0.3) is 0 Å². The van der Waals surface area contributed by atoms with Crippen molar-refractivity contribution in [2.24, 2.45) is 0 Å². The van der Waals surface area contributed by atoms with Crippen molar-refractivity contribution in [3.05, 3.63) is 53.4 Å². The number of hydrogen-bond donors (Lipinski definition) is 1. The lowest BCUT2D eigenvalue weighted by Gasteiger charge is -2.27. The van der Waals surface area contributed by atoms with Gasteiger partial charge in [0, 0.05) is 24.9 Å². The highest BCUT2D eigenvalue weighted by Gasteiger charge is 2.15. The molecule has 0 aliphatic carbocycles. The monoisotopic (exact) mass is 368 g/mol. The molecule has 1 saturated heterocycles. The minimum atomic E-state index is -0.171. The number of carbonyl (C=O) groups is 1. The van der Waals surface area contributed by atoms with Crippen LogP contribution in [0.2, 0.25) is 0 Å². The molecule has 1 aliphatic rings. The Hall–Kier alpha value is -2.93. The molecular weight excluding hydrogens is 344 g/mol. The molecule has 0 saturated carbocycles. The van der Waals surface area contributed by atoms with Crippen molar-refractivity contribution >= 4 is 17.9 Å². The fourth-order valence-corrected chi connectivity index (χ4v) is 2.74. The van der Waals surface area contributed by atoms with Crippen LogP contribution in [0.1, 0.15) is 17.0 Å². The van der Waals surface area contributed by atoms with Gasteiger partial charge in [-0.3, -0.25) is 4.79 Å². The standard InChI is InChI=1S/C20H24N4O3/c1-15-13-17(23-20(22-15)24-9-11-27-12-10-24)14-21-19(25)8-5-16-3-6-18(26-2)7-4-16/h3-8,13H,9-12,14H2,1-2H3,(H,21,25)/b8-5+. The number of carbonyl (C=O) groups excluding carboxylic acids is 1. The Balaban J connectivity index is 1.57. The highest BCUT2D eigenvalue weighted by Crippen LogP contribution is 2.13.